The molecule has 0 amide bonds. The van der Waals surface area contributed by atoms with Gasteiger partial charge in [0.1, 0.15) is 5.82 Å². The highest BCUT2D eigenvalue weighted by molar-refractivity contribution is 7.09. The molecule has 0 saturated heterocycles. The number of carbonyl (C=O) groups is 1. The summed E-state index contributed by atoms with van der Waals surface area (Å²) in [5, 5.41) is 2.05. The number of H-pyrrole nitrogens is 1. The van der Waals surface area contributed by atoms with Crippen molar-refractivity contribution >= 4 is 33.5 Å². The zero-order valence-electron chi connectivity index (χ0n) is 14.5. The van der Waals surface area contributed by atoms with Crippen LogP contribution >= 0.6 is 11.5 Å². The maximum atomic E-state index is 11.8. The van der Waals surface area contributed by atoms with E-state index in [1.54, 1.807) is 6.07 Å². The number of aromatic amines is 1. The number of nitrogens with one attached hydrogen (secondary N) is 1. The highest BCUT2D eigenvalue weighted by Gasteiger charge is 2.24. The number of fused-ring (bicyclic) bond motifs is 3. The van der Waals surface area contributed by atoms with Crippen LogP contribution < -0.4 is 4.90 Å². The van der Waals surface area contributed by atoms with E-state index in [0.717, 1.165) is 41.4 Å². The lowest BCUT2D eigenvalue weighted by atomic mass is 10.0. The fraction of sp³-hybridized carbons (Fsp3) is 0.389. The van der Waals surface area contributed by atoms with Gasteiger partial charge >= 0.3 is 5.97 Å². The number of nitrogens with zero attached hydrogens (tertiary/aromatic N) is 3. The van der Waals surface area contributed by atoms with Crippen LogP contribution in [0.4, 0.5) is 5.13 Å². The second kappa shape index (κ2) is 6.15. The normalized spacial score (nSPS) is 14.2. The first-order valence-electron chi connectivity index (χ1n) is 8.37. The third kappa shape index (κ3) is 2.78. The lowest BCUT2D eigenvalue weighted by Gasteiger charge is -2.26. The van der Waals surface area contributed by atoms with E-state index in [1.165, 1.54) is 29.9 Å². The Labute approximate surface area is 150 Å². The molecule has 0 bridgehead atoms. The van der Waals surface area contributed by atoms with Gasteiger partial charge in [-0.1, -0.05) is 13.8 Å². The summed E-state index contributed by atoms with van der Waals surface area (Å²) in [5.41, 5.74) is 4.10. The molecular formula is C18H20N4O2S. The highest BCUT2D eigenvalue weighted by Crippen LogP contribution is 2.32. The zero-order chi connectivity index (χ0) is 17.6. The Balaban J connectivity index is 1.70. The molecule has 0 unspecified atom stereocenters. The highest BCUT2D eigenvalue weighted by atomic mass is 32.1. The minimum Gasteiger partial charge on any atom is -0.465 e. The average molecular weight is 356 g/mol. The van der Waals surface area contributed by atoms with E-state index in [9.17, 15) is 4.79 Å². The van der Waals surface area contributed by atoms with Crippen molar-refractivity contribution in [1.29, 1.82) is 0 Å². The molecule has 0 radical (unpaired) electrons. The number of hydrogen-bond donors (Lipinski definition) is 1. The van der Waals surface area contributed by atoms with Crippen molar-refractivity contribution < 1.29 is 9.53 Å². The van der Waals surface area contributed by atoms with Crippen LogP contribution in [0, 0.1) is 0 Å². The van der Waals surface area contributed by atoms with Gasteiger partial charge in [-0.15, -0.1) is 0 Å². The maximum Gasteiger partial charge on any atom is 0.337 e. The van der Waals surface area contributed by atoms with E-state index < -0.39 is 0 Å². The van der Waals surface area contributed by atoms with E-state index in [4.69, 9.17) is 4.74 Å². The van der Waals surface area contributed by atoms with Crippen molar-refractivity contribution in [2.24, 2.45) is 0 Å². The number of esters is 1. The average Bonchev–Trinajstić information content (AvgIpc) is 3.24. The summed E-state index contributed by atoms with van der Waals surface area (Å²) in [5.74, 6) is 0.925. The van der Waals surface area contributed by atoms with Crippen molar-refractivity contribution in [3.8, 4) is 0 Å². The Bertz CT molecular complexity index is 944. The maximum absolute atomic E-state index is 11.8. The summed E-state index contributed by atoms with van der Waals surface area (Å²) in [7, 11) is 1.41. The molecule has 0 atom stereocenters. The first kappa shape index (κ1) is 16.1. The number of anilines is 1. The van der Waals surface area contributed by atoms with Crippen LogP contribution in [0.25, 0.3) is 10.9 Å². The second-order valence-corrected chi connectivity index (χ2v) is 7.33. The monoisotopic (exact) mass is 356 g/mol. The molecule has 6 nitrogen and oxygen atoms in total. The third-order valence-electron chi connectivity index (χ3n) is 4.61. The molecular weight excluding hydrogens is 336 g/mol. The lowest BCUT2D eigenvalue weighted by Crippen LogP contribution is -2.30. The summed E-state index contributed by atoms with van der Waals surface area (Å²) in [6.07, 6.45) is 0.925. The van der Waals surface area contributed by atoms with Gasteiger partial charge in [-0.25, -0.2) is 9.78 Å². The first-order valence-corrected chi connectivity index (χ1v) is 9.14. The molecule has 0 spiro atoms. The molecule has 3 aromatic rings. The Kier molecular flexibility index (Phi) is 3.95. The predicted molar refractivity (Wildman–Crippen MR) is 98.4 cm³/mol. The molecule has 25 heavy (non-hydrogen) atoms. The fourth-order valence-electron chi connectivity index (χ4n) is 3.21. The molecule has 1 aliphatic heterocycles. The molecule has 7 heteroatoms. The van der Waals surface area contributed by atoms with E-state index in [-0.39, 0.29) is 5.97 Å². The molecule has 2 aromatic heterocycles. The summed E-state index contributed by atoms with van der Waals surface area (Å²) in [6, 6.07) is 5.67. The second-order valence-electron chi connectivity index (χ2n) is 6.60. The van der Waals surface area contributed by atoms with E-state index in [2.05, 4.69) is 33.1 Å². The van der Waals surface area contributed by atoms with Gasteiger partial charge in [0.15, 0.2) is 0 Å². The first-order chi connectivity index (χ1) is 12.1. The lowest BCUT2D eigenvalue weighted by molar-refractivity contribution is 0.0601. The molecule has 4 rings (SSSR count). The topological polar surface area (TPSA) is 71.1 Å². The Hall–Kier alpha value is -2.41. The number of ether oxygens (including phenoxy) is 1. The molecule has 1 aromatic carbocycles. The van der Waals surface area contributed by atoms with Crippen molar-refractivity contribution in [3.05, 3.63) is 40.8 Å². The number of rotatable bonds is 3. The standard InChI is InChI=1S/C18H20N4O2S/c1-10(2)16-20-18(25-21-16)22-7-6-15-13(9-22)12-8-11(17(23)24-3)4-5-14(12)19-15/h4-5,8,10,19H,6-7,9H2,1-3H3. The molecule has 0 aliphatic carbocycles. The van der Waals surface area contributed by atoms with Crippen LogP contribution in [0.15, 0.2) is 18.2 Å². The molecule has 1 N–H and O–H groups in total. The van der Waals surface area contributed by atoms with Gasteiger partial charge in [0.25, 0.3) is 0 Å². The number of aromatic nitrogens is 3. The van der Waals surface area contributed by atoms with Crippen molar-refractivity contribution in [1.82, 2.24) is 14.3 Å². The Morgan fingerprint density at radius 2 is 2.24 bits per heavy atom. The minimum absolute atomic E-state index is 0.310. The minimum atomic E-state index is -0.310. The number of benzene rings is 1. The Morgan fingerprint density at radius 3 is 2.96 bits per heavy atom. The third-order valence-corrected chi connectivity index (χ3v) is 5.41. The van der Waals surface area contributed by atoms with Gasteiger partial charge in [-0.2, -0.15) is 4.37 Å². The van der Waals surface area contributed by atoms with Gasteiger partial charge in [0.05, 0.1) is 12.7 Å². The summed E-state index contributed by atoms with van der Waals surface area (Å²) < 4.78 is 9.31. The van der Waals surface area contributed by atoms with E-state index in [0.29, 0.717) is 11.5 Å². The molecule has 1 aliphatic rings. The van der Waals surface area contributed by atoms with Crippen LogP contribution in [0.1, 0.15) is 47.2 Å². The molecule has 130 valence electrons. The smallest absolute Gasteiger partial charge is 0.337 e. The van der Waals surface area contributed by atoms with Crippen molar-refractivity contribution in [2.45, 2.75) is 32.7 Å². The van der Waals surface area contributed by atoms with Crippen LogP contribution in [0.5, 0.6) is 0 Å². The van der Waals surface area contributed by atoms with Gasteiger partial charge in [-0.05, 0) is 18.2 Å². The van der Waals surface area contributed by atoms with Gasteiger partial charge in [0.2, 0.25) is 5.13 Å². The Morgan fingerprint density at radius 1 is 1.40 bits per heavy atom. The number of methoxy groups -OCH3 is 1. The summed E-state index contributed by atoms with van der Waals surface area (Å²) in [4.78, 5) is 22.3. The quantitative estimate of drug-likeness (QED) is 0.728. The van der Waals surface area contributed by atoms with Crippen LogP contribution in [-0.4, -0.2) is 34.0 Å². The van der Waals surface area contributed by atoms with Crippen molar-refractivity contribution in [2.75, 3.05) is 18.6 Å². The summed E-state index contributed by atoms with van der Waals surface area (Å²) >= 11 is 1.46. The number of hydrogen-bond acceptors (Lipinski definition) is 6. The van der Waals surface area contributed by atoms with Crippen LogP contribution in [-0.2, 0) is 17.7 Å². The molecule has 3 heterocycles. The predicted octanol–water partition coefficient (Wildman–Crippen LogP) is 3.49. The van der Waals surface area contributed by atoms with Gasteiger partial charge < -0.3 is 14.6 Å². The molecule has 0 saturated carbocycles. The van der Waals surface area contributed by atoms with E-state index in [1.807, 2.05) is 12.1 Å². The molecule has 0 fully saturated rings. The number of carbonyl (C=O) groups excluding carboxylic acids is 1. The van der Waals surface area contributed by atoms with Gasteiger partial charge in [0, 0.05) is 59.1 Å². The van der Waals surface area contributed by atoms with Gasteiger partial charge in [-0.3, -0.25) is 0 Å². The SMILES string of the molecule is COC(=O)c1ccc2[nH]c3c(c2c1)CN(c1nc(C(C)C)ns1)CC3. The largest absolute Gasteiger partial charge is 0.465 e. The zero-order valence-corrected chi connectivity index (χ0v) is 15.3. The van der Waals surface area contributed by atoms with Crippen molar-refractivity contribution in [3.63, 3.8) is 0 Å². The van der Waals surface area contributed by atoms with Crippen LogP contribution in [0.3, 0.4) is 0 Å². The van der Waals surface area contributed by atoms with Crippen LogP contribution in [0.2, 0.25) is 0 Å². The van der Waals surface area contributed by atoms with E-state index >= 15 is 0 Å². The fourth-order valence-corrected chi connectivity index (χ4v) is 4.04. The summed E-state index contributed by atoms with van der Waals surface area (Å²) in [6.45, 7) is 5.89.